The first-order valence-corrected chi connectivity index (χ1v) is 6.91. The molecule has 0 bridgehead atoms. The summed E-state index contributed by atoms with van der Waals surface area (Å²) in [4.78, 5) is 12.9. The standard InChI is InChI=1S/C13H15BrF4N2O/c1-7(2)5-20(6-13(16,17)18)12(21)8-3-11(19)10(15)4-9(8)14/h3-4,7H,5-6,19H2,1-2H3. The van der Waals surface area contributed by atoms with Crippen molar-refractivity contribution in [3.05, 3.63) is 28.0 Å². The van der Waals surface area contributed by atoms with E-state index in [1.165, 1.54) is 0 Å². The van der Waals surface area contributed by atoms with Crippen LogP contribution in [0.2, 0.25) is 0 Å². The van der Waals surface area contributed by atoms with E-state index in [9.17, 15) is 22.4 Å². The summed E-state index contributed by atoms with van der Waals surface area (Å²) in [5, 5.41) is 0. The highest BCUT2D eigenvalue weighted by atomic mass is 79.9. The van der Waals surface area contributed by atoms with Crippen molar-refractivity contribution in [2.24, 2.45) is 5.92 Å². The van der Waals surface area contributed by atoms with Gasteiger partial charge in [0, 0.05) is 11.0 Å². The van der Waals surface area contributed by atoms with Crippen molar-refractivity contribution in [1.82, 2.24) is 4.90 Å². The SMILES string of the molecule is CC(C)CN(CC(F)(F)F)C(=O)c1cc(N)c(F)cc1Br. The van der Waals surface area contributed by atoms with E-state index in [2.05, 4.69) is 15.9 Å². The number of nitrogens with zero attached hydrogens (tertiary/aromatic N) is 1. The lowest BCUT2D eigenvalue weighted by atomic mass is 10.1. The fourth-order valence-corrected chi connectivity index (χ4v) is 2.26. The van der Waals surface area contributed by atoms with E-state index in [1.807, 2.05) is 0 Å². The number of rotatable bonds is 4. The Morgan fingerprint density at radius 1 is 1.38 bits per heavy atom. The summed E-state index contributed by atoms with van der Waals surface area (Å²) >= 11 is 2.97. The van der Waals surface area contributed by atoms with Crippen molar-refractivity contribution in [1.29, 1.82) is 0 Å². The molecule has 118 valence electrons. The van der Waals surface area contributed by atoms with Crippen LogP contribution in [-0.4, -0.2) is 30.1 Å². The Labute approximate surface area is 128 Å². The van der Waals surface area contributed by atoms with Crippen molar-refractivity contribution in [2.45, 2.75) is 20.0 Å². The minimum absolute atomic E-state index is 0.0649. The molecule has 2 N–H and O–H groups in total. The highest BCUT2D eigenvalue weighted by Gasteiger charge is 2.34. The predicted octanol–water partition coefficient (Wildman–Crippen LogP) is 3.83. The molecular formula is C13H15BrF4N2O. The molecule has 0 heterocycles. The molecule has 0 fully saturated rings. The number of nitrogens with two attached hydrogens (primary N) is 1. The second-order valence-electron chi connectivity index (χ2n) is 5.05. The van der Waals surface area contributed by atoms with Gasteiger partial charge in [-0.2, -0.15) is 13.2 Å². The fourth-order valence-electron chi connectivity index (χ4n) is 1.78. The van der Waals surface area contributed by atoms with E-state index < -0.39 is 24.4 Å². The molecule has 0 aromatic heterocycles. The average Bonchev–Trinajstić information content (AvgIpc) is 2.29. The molecule has 3 nitrogen and oxygen atoms in total. The molecule has 1 aromatic rings. The Morgan fingerprint density at radius 3 is 2.43 bits per heavy atom. The van der Waals surface area contributed by atoms with Gasteiger partial charge in [-0.1, -0.05) is 13.8 Å². The number of alkyl halides is 3. The topological polar surface area (TPSA) is 46.3 Å². The summed E-state index contributed by atoms with van der Waals surface area (Å²) < 4.78 is 51.1. The molecule has 1 aromatic carbocycles. The van der Waals surface area contributed by atoms with Crippen LogP contribution in [0.1, 0.15) is 24.2 Å². The van der Waals surface area contributed by atoms with E-state index in [0.29, 0.717) is 4.90 Å². The first kappa shape index (κ1) is 17.7. The molecule has 21 heavy (non-hydrogen) atoms. The van der Waals surface area contributed by atoms with Gasteiger partial charge in [-0.25, -0.2) is 4.39 Å². The molecule has 0 radical (unpaired) electrons. The van der Waals surface area contributed by atoms with E-state index in [0.717, 1.165) is 12.1 Å². The van der Waals surface area contributed by atoms with Crippen LogP contribution in [0.5, 0.6) is 0 Å². The second-order valence-corrected chi connectivity index (χ2v) is 5.90. The fraction of sp³-hybridized carbons (Fsp3) is 0.462. The van der Waals surface area contributed by atoms with E-state index in [4.69, 9.17) is 5.73 Å². The molecule has 0 atom stereocenters. The second kappa shape index (κ2) is 6.64. The zero-order valence-corrected chi connectivity index (χ0v) is 13.1. The zero-order valence-electron chi connectivity index (χ0n) is 11.5. The van der Waals surface area contributed by atoms with Crippen LogP contribution in [0.3, 0.4) is 0 Å². The maximum Gasteiger partial charge on any atom is 0.406 e. The third-order valence-corrected chi connectivity index (χ3v) is 3.22. The highest BCUT2D eigenvalue weighted by Crippen LogP contribution is 2.26. The normalized spacial score (nSPS) is 11.8. The number of anilines is 1. The molecule has 1 amide bonds. The van der Waals surface area contributed by atoms with Gasteiger partial charge in [0.05, 0.1) is 11.3 Å². The van der Waals surface area contributed by atoms with Gasteiger partial charge in [-0.05, 0) is 34.0 Å². The predicted molar refractivity (Wildman–Crippen MR) is 75.3 cm³/mol. The molecular weight excluding hydrogens is 356 g/mol. The van der Waals surface area contributed by atoms with Gasteiger partial charge in [-0.15, -0.1) is 0 Å². The minimum atomic E-state index is -4.51. The van der Waals surface area contributed by atoms with Crippen LogP contribution in [0.25, 0.3) is 0 Å². The molecule has 0 aliphatic heterocycles. The Morgan fingerprint density at radius 2 is 1.95 bits per heavy atom. The van der Waals surface area contributed by atoms with Gasteiger partial charge in [0.25, 0.3) is 5.91 Å². The van der Waals surface area contributed by atoms with Crippen molar-refractivity contribution in [3.8, 4) is 0 Å². The van der Waals surface area contributed by atoms with Gasteiger partial charge >= 0.3 is 6.18 Å². The Kier molecular flexibility index (Phi) is 5.61. The number of halogens is 5. The van der Waals surface area contributed by atoms with Crippen molar-refractivity contribution in [3.63, 3.8) is 0 Å². The molecule has 1 rings (SSSR count). The van der Waals surface area contributed by atoms with Gasteiger partial charge in [0.15, 0.2) is 0 Å². The number of hydrogen-bond acceptors (Lipinski definition) is 2. The number of carbonyl (C=O) groups excluding carboxylic acids is 1. The van der Waals surface area contributed by atoms with Gasteiger partial charge in [0.2, 0.25) is 0 Å². The number of carbonyl (C=O) groups is 1. The Hall–Kier alpha value is -1.31. The monoisotopic (exact) mass is 370 g/mol. The zero-order chi connectivity index (χ0) is 16.4. The van der Waals surface area contributed by atoms with Crippen molar-refractivity contribution < 1.29 is 22.4 Å². The van der Waals surface area contributed by atoms with E-state index in [-0.39, 0.29) is 28.2 Å². The number of nitrogen functional groups attached to an aromatic ring is 1. The summed E-state index contributed by atoms with van der Waals surface area (Å²) in [6.45, 7) is 1.96. The average molecular weight is 371 g/mol. The molecule has 8 heteroatoms. The van der Waals surface area contributed by atoms with E-state index in [1.54, 1.807) is 13.8 Å². The first-order chi connectivity index (χ1) is 9.51. The summed E-state index contributed by atoms with van der Waals surface area (Å²) in [5.74, 6) is -1.74. The molecule has 0 saturated heterocycles. The van der Waals surface area contributed by atoms with Crippen LogP contribution < -0.4 is 5.73 Å². The highest BCUT2D eigenvalue weighted by molar-refractivity contribution is 9.10. The largest absolute Gasteiger partial charge is 0.406 e. The summed E-state index contributed by atoms with van der Waals surface area (Å²) in [6, 6.07) is 2.00. The van der Waals surface area contributed by atoms with E-state index >= 15 is 0 Å². The van der Waals surface area contributed by atoms with Crippen LogP contribution in [0.4, 0.5) is 23.2 Å². The lowest BCUT2D eigenvalue weighted by Gasteiger charge is -2.26. The third-order valence-electron chi connectivity index (χ3n) is 2.56. The molecule has 0 aliphatic rings. The van der Waals surface area contributed by atoms with Crippen molar-refractivity contribution in [2.75, 3.05) is 18.8 Å². The Bertz CT molecular complexity index is 532. The van der Waals surface area contributed by atoms with Gasteiger partial charge in [0.1, 0.15) is 12.4 Å². The lowest BCUT2D eigenvalue weighted by Crippen LogP contribution is -2.41. The number of benzene rings is 1. The summed E-state index contributed by atoms with van der Waals surface area (Å²) in [6.07, 6.45) is -4.51. The molecule has 0 unspecified atom stereocenters. The van der Waals surface area contributed by atoms with Crippen LogP contribution >= 0.6 is 15.9 Å². The van der Waals surface area contributed by atoms with Crippen LogP contribution in [0, 0.1) is 11.7 Å². The maximum atomic E-state index is 13.2. The number of amides is 1. The first-order valence-electron chi connectivity index (χ1n) is 6.11. The Balaban J connectivity index is 3.13. The lowest BCUT2D eigenvalue weighted by molar-refractivity contribution is -0.141. The van der Waals surface area contributed by atoms with Crippen LogP contribution in [-0.2, 0) is 0 Å². The van der Waals surface area contributed by atoms with Crippen molar-refractivity contribution >= 4 is 27.5 Å². The summed E-state index contributed by atoms with van der Waals surface area (Å²) in [5.41, 5.74) is 4.98. The van der Waals surface area contributed by atoms with Gasteiger partial charge in [-0.3, -0.25) is 4.79 Å². The summed E-state index contributed by atoms with van der Waals surface area (Å²) in [7, 11) is 0. The van der Waals surface area contributed by atoms with Gasteiger partial charge < -0.3 is 10.6 Å². The molecule has 0 spiro atoms. The molecule has 0 aliphatic carbocycles. The minimum Gasteiger partial charge on any atom is -0.396 e. The third kappa shape index (κ3) is 5.18. The van der Waals surface area contributed by atoms with Crippen LogP contribution in [0.15, 0.2) is 16.6 Å². The maximum absolute atomic E-state index is 13.2. The molecule has 0 saturated carbocycles. The smallest absolute Gasteiger partial charge is 0.396 e. The quantitative estimate of drug-likeness (QED) is 0.646. The number of hydrogen-bond donors (Lipinski definition) is 1.